The van der Waals surface area contributed by atoms with Gasteiger partial charge in [0, 0.05) is 24.3 Å². The van der Waals surface area contributed by atoms with Crippen LogP contribution in [0.25, 0.3) is 0 Å². The van der Waals surface area contributed by atoms with E-state index in [1.165, 1.54) is 0 Å². The molecule has 1 aromatic heterocycles. The topological polar surface area (TPSA) is 63.8 Å². The van der Waals surface area contributed by atoms with Crippen molar-refractivity contribution in [3.8, 4) is 0 Å². The van der Waals surface area contributed by atoms with Crippen LogP contribution in [0, 0.1) is 0 Å². The first kappa shape index (κ1) is 10.9. The Morgan fingerprint density at radius 1 is 1.50 bits per heavy atom. The second kappa shape index (κ2) is 5.54. The van der Waals surface area contributed by atoms with E-state index in [1.54, 1.807) is 6.33 Å². The molecule has 0 aliphatic heterocycles. The number of nitrogens with two attached hydrogens (primary N) is 1. The summed E-state index contributed by atoms with van der Waals surface area (Å²) in [5.74, 6) is 0.862. The Labute approximate surface area is 85.0 Å². The van der Waals surface area contributed by atoms with Gasteiger partial charge in [-0.2, -0.15) is 0 Å². The quantitative estimate of drug-likeness (QED) is 0.739. The van der Waals surface area contributed by atoms with Gasteiger partial charge in [-0.15, -0.1) is 0 Å². The maximum absolute atomic E-state index is 5.51. The Morgan fingerprint density at radius 2 is 2.29 bits per heavy atom. The van der Waals surface area contributed by atoms with Crippen LogP contribution in [0.2, 0.25) is 0 Å². The van der Waals surface area contributed by atoms with Gasteiger partial charge in [0.2, 0.25) is 0 Å². The van der Waals surface area contributed by atoms with Crippen molar-refractivity contribution in [3.63, 3.8) is 0 Å². The normalized spacial score (nSPS) is 12.5. The van der Waals surface area contributed by atoms with Crippen molar-refractivity contribution in [1.82, 2.24) is 9.97 Å². The molecule has 1 atom stereocenters. The predicted octanol–water partition coefficient (Wildman–Crippen LogP) is 1.19. The summed E-state index contributed by atoms with van der Waals surface area (Å²) in [5.41, 5.74) is 6.59. The summed E-state index contributed by atoms with van der Waals surface area (Å²) in [4.78, 5) is 8.31. The van der Waals surface area contributed by atoms with Crippen molar-refractivity contribution >= 4 is 5.82 Å². The molecule has 3 N–H and O–H groups in total. The van der Waals surface area contributed by atoms with Crippen LogP contribution < -0.4 is 11.1 Å². The van der Waals surface area contributed by atoms with Crippen molar-refractivity contribution in [2.75, 3.05) is 11.9 Å². The van der Waals surface area contributed by atoms with E-state index in [0.717, 1.165) is 24.4 Å². The minimum Gasteiger partial charge on any atom is -0.366 e. The molecule has 1 unspecified atom stereocenters. The fourth-order valence-corrected chi connectivity index (χ4v) is 1.18. The van der Waals surface area contributed by atoms with E-state index in [-0.39, 0.29) is 6.04 Å². The number of rotatable bonds is 5. The molecule has 4 nitrogen and oxygen atoms in total. The van der Waals surface area contributed by atoms with E-state index >= 15 is 0 Å². The molecular formula is C10H18N4. The molecule has 1 heterocycles. The molecule has 1 aromatic rings. The highest BCUT2D eigenvalue weighted by molar-refractivity contribution is 5.35. The van der Waals surface area contributed by atoms with E-state index < -0.39 is 0 Å². The van der Waals surface area contributed by atoms with Crippen LogP contribution in [-0.4, -0.2) is 22.6 Å². The van der Waals surface area contributed by atoms with Crippen LogP contribution in [0.15, 0.2) is 12.4 Å². The molecule has 0 aromatic carbocycles. The number of hydrogen-bond donors (Lipinski definition) is 2. The van der Waals surface area contributed by atoms with Gasteiger partial charge in [-0.1, -0.05) is 13.3 Å². The second-order valence-corrected chi connectivity index (χ2v) is 3.43. The molecule has 0 aliphatic rings. The minimum absolute atomic E-state index is 0.249. The van der Waals surface area contributed by atoms with Crippen molar-refractivity contribution in [1.29, 1.82) is 0 Å². The Hall–Kier alpha value is -1.16. The summed E-state index contributed by atoms with van der Waals surface area (Å²) in [5, 5.41) is 3.21. The maximum Gasteiger partial charge on any atom is 0.129 e. The molecule has 0 amide bonds. The highest BCUT2D eigenvalue weighted by Crippen LogP contribution is 2.06. The van der Waals surface area contributed by atoms with Crippen molar-refractivity contribution in [2.45, 2.75) is 32.7 Å². The minimum atomic E-state index is 0.249. The summed E-state index contributed by atoms with van der Waals surface area (Å²) in [6, 6.07) is 2.23. The highest BCUT2D eigenvalue weighted by atomic mass is 15.0. The molecular weight excluding hydrogens is 176 g/mol. The third kappa shape index (κ3) is 3.30. The molecule has 0 spiro atoms. The molecule has 1 rings (SSSR count). The van der Waals surface area contributed by atoms with E-state index in [0.29, 0.717) is 6.54 Å². The zero-order chi connectivity index (χ0) is 10.4. The number of anilines is 1. The summed E-state index contributed by atoms with van der Waals surface area (Å²) >= 11 is 0. The number of aryl methyl sites for hydroxylation is 1. The number of hydrogen-bond acceptors (Lipinski definition) is 4. The van der Waals surface area contributed by atoms with Crippen LogP contribution in [-0.2, 0) is 6.42 Å². The lowest BCUT2D eigenvalue weighted by molar-refractivity contribution is 0.793. The predicted molar refractivity (Wildman–Crippen MR) is 58.2 cm³/mol. The molecule has 0 saturated carbocycles. The highest BCUT2D eigenvalue weighted by Gasteiger charge is 2.01. The zero-order valence-corrected chi connectivity index (χ0v) is 8.83. The second-order valence-electron chi connectivity index (χ2n) is 3.43. The lowest BCUT2D eigenvalue weighted by Crippen LogP contribution is -2.25. The van der Waals surface area contributed by atoms with E-state index in [2.05, 4.69) is 22.2 Å². The molecule has 4 heteroatoms. The number of nitrogens with zero attached hydrogens (tertiary/aromatic N) is 2. The summed E-state index contributed by atoms with van der Waals surface area (Å²) in [7, 11) is 0. The van der Waals surface area contributed by atoms with Gasteiger partial charge in [0.25, 0.3) is 0 Å². The summed E-state index contributed by atoms with van der Waals surface area (Å²) < 4.78 is 0. The molecule has 14 heavy (non-hydrogen) atoms. The average Bonchev–Trinajstić information content (AvgIpc) is 2.19. The molecule has 0 fully saturated rings. The first-order chi connectivity index (χ1) is 6.76. The van der Waals surface area contributed by atoms with E-state index in [4.69, 9.17) is 5.73 Å². The van der Waals surface area contributed by atoms with Crippen LogP contribution in [0.5, 0.6) is 0 Å². The van der Waals surface area contributed by atoms with E-state index in [9.17, 15) is 0 Å². The smallest absolute Gasteiger partial charge is 0.129 e. The lowest BCUT2D eigenvalue weighted by Gasteiger charge is -2.11. The average molecular weight is 194 g/mol. The van der Waals surface area contributed by atoms with Gasteiger partial charge in [-0.3, -0.25) is 0 Å². The van der Waals surface area contributed by atoms with Gasteiger partial charge < -0.3 is 11.1 Å². The molecule has 78 valence electrons. The summed E-state index contributed by atoms with van der Waals surface area (Å²) in [6.07, 6.45) is 3.69. The van der Waals surface area contributed by atoms with Gasteiger partial charge in [0.1, 0.15) is 12.1 Å². The third-order valence-corrected chi connectivity index (χ3v) is 1.98. The number of aromatic nitrogens is 2. The Bertz CT molecular complexity index is 275. The number of nitrogens with one attached hydrogen (secondary N) is 1. The maximum atomic E-state index is 5.51. The van der Waals surface area contributed by atoms with E-state index in [1.807, 2.05) is 13.0 Å². The standard InChI is InChI=1S/C10H18N4/c1-3-4-9-5-10(13-7-12-9)14-8(2)6-11/h5,7-8H,3-4,6,11H2,1-2H3,(H,12,13,14). The fraction of sp³-hybridized carbons (Fsp3) is 0.600. The fourth-order valence-electron chi connectivity index (χ4n) is 1.18. The van der Waals surface area contributed by atoms with Crippen molar-refractivity contribution in [3.05, 3.63) is 18.1 Å². The molecule has 0 saturated heterocycles. The van der Waals surface area contributed by atoms with Gasteiger partial charge in [0.15, 0.2) is 0 Å². The first-order valence-corrected chi connectivity index (χ1v) is 5.03. The Balaban J connectivity index is 2.63. The SMILES string of the molecule is CCCc1cc(NC(C)CN)ncn1. The van der Waals surface area contributed by atoms with Crippen LogP contribution in [0.3, 0.4) is 0 Å². The first-order valence-electron chi connectivity index (χ1n) is 5.03. The van der Waals surface area contributed by atoms with Gasteiger partial charge in [-0.25, -0.2) is 9.97 Å². The zero-order valence-electron chi connectivity index (χ0n) is 8.83. The van der Waals surface area contributed by atoms with Crippen LogP contribution in [0.1, 0.15) is 26.0 Å². The van der Waals surface area contributed by atoms with Gasteiger partial charge >= 0.3 is 0 Å². The van der Waals surface area contributed by atoms with Gasteiger partial charge in [0.05, 0.1) is 0 Å². The Kier molecular flexibility index (Phi) is 4.32. The van der Waals surface area contributed by atoms with Crippen LogP contribution in [0.4, 0.5) is 5.82 Å². The Morgan fingerprint density at radius 3 is 2.93 bits per heavy atom. The largest absolute Gasteiger partial charge is 0.366 e. The third-order valence-electron chi connectivity index (χ3n) is 1.98. The monoisotopic (exact) mass is 194 g/mol. The van der Waals surface area contributed by atoms with Crippen molar-refractivity contribution < 1.29 is 0 Å². The lowest BCUT2D eigenvalue weighted by atomic mass is 10.2. The molecule has 0 bridgehead atoms. The molecule has 0 aliphatic carbocycles. The molecule has 0 radical (unpaired) electrons. The van der Waals surface area contributed by atoms with Crippen molar-refractivity contribution in [2.24, 2.45) is 5.73 Å². The van der Waals surface area contributed by atoms with Gasteiger partial charge in [-0.05, 0) is 13.3 Å². The summed E-state index contributed by atoms with van der Waals surface area (Å²) in [6.45, 7) is 4.77. The van der Waals surface area contributed by atoms with Crippen LogP contribution >= 0.6 is 0 Å².